The molecule has 0 heterocycles. The molecule has 10 aromatic rings. The second kappa shape index (κ2) is 14.6. The van der Waals surface area contributed by atoms with Gasteiger partial charge in [0.25, 0.3) is 0 Å². The second-order valence-electron chi connectivity index (χ2n) is 18.8. The van der Waals surface area contributed by atoms with Gasteiger partial charge in [-0.15, -0.1) is 32.8 Å². The van der Waals surface area contributed by atoms with Crippen LogP contribution in [0.25, 0.3) is 98.0 Å². The summed E-state index contributed by atoms with van der Waals surface area (Å²) in [5.41, 5.74) is 27.4. The van der Waals surface area contributed by atoms with Gasteiger partial charge in [-0.2, -0.15) is 0 Å². The van der Waals surface area contributed by atoms with Gasteiger partial charge in [-0.25, -0.2) is 0 Å². The highest BCUT2D eigenvalue weighted by atomic mass is 14.3. The topological polar surface area (TPSA) is 0 Å². The van der Waals surface area contributed by atoms with Crippen molar-refractivity contribution in [3.8, 4) is 33.4 Å². The summed E-state index contributed by atoms with van der Waals surface area (Å²) in [6.07, 6.45) is 0. The van der Waals surface area contributed by atoms with Gasteiger partial charge in [0.2, 0.25) is 0 Å². The quantitative estimate of drug-likeness (QED) is 0.0953. The van der Waals surface area contributed by atoms with Gasteiger partial charge in [-0.05, 0) is 110 Å². The first kappa shape index (κ1) is 40.7. The molecule has 62 heavy (non-hydrogen) atoms. The molecule has 0 nitrogen and oxygen atoms in total. The second-order valence-corrected chi connectivity index (χ2v) is 18.8. The monoisotopic (exact) mass is 774 g/mol. The van der Waals surface area contributed by atoms with E-state index in [1.807, 2.05) is 0 Å². The Morgan fingerprint density at radius 1 is 0.226 bits per heavy atom. The van der Waals surface area contributed by atoms with Crippen LogP contribution < -0.4 is 76.5 Å². The van der Waals surface area contributed by atoms with Gasteiger partial charge in [-0.3, -0.25) is 0 Å². The SMILES string of the molecule is Bc1c(B)c(B)c2c(-c3c4c(B)c(B)c(B)c(B)c4c(-c4ccc5ccccc5c4)c4c(B)c(B)c(B)c(B)c34)c(B)c(B)c(-c3cc4ccccc4c4ccccc34)c2c1B. The molecule has 0 fully saturated rings. The predicted molar refractivity (Wildman–Crippen MR) is 322 cm³/mol. The van der Waals surface area contributed by atoms with Crippen molar-refractivity contribution in [2.45, 2.75) is 0 Å². The van der Waals surface area contributed by atoms with E-state index in [2.05, 4.69) is 207 Å². The highest BCUT2D eigenvalue weighted by molar-refractivity contribution is 6.73. The summed E-state index contributed by atoms with van der Waals surface area (Å²) in [7, 11) is 33.3. The summed E-state index contributed by atoms with van der Waals surface area (Å²) in [4.78, 5) is 0. The van der Waals surface area contributed by atoms with Crippen molar-refractivity contribution < 1.29 is 0 Å². The van der Waals surface area contributed by atoms with Crippen LogP contribution in [-0.4, -0.2) is 110 Å². The lowest BCUT2D eigenvalue weighted by molar-refractivity contribution is 1.73. The Morgan fingerprint density at radius 2 is 0.597 bits per heavy atom. The third kappa shape index (κ3) is 5.54. The van der Waals surface area contributed by atoms with Crippen LogP contribution in [-0.2, 0) is 0 Å². The number of benzene rings is 10. The van der Waals surface area contributed by atoms with E-state index in [4.69, 9.17) is 0 Å². The van der Waals surface area contributed by atoms with Crippen molar-refractivity contribution in [1.29, 1.82) is 0 Å². The minimum atomic E-state index is 1.27. The lowest BCUT2D eigenvalue weighted by Crippen LogP contribution is -2.50. The number of rotatable bonds is 3. The molecule has 10 aromatic carbocycles. The zero-order chi connectivity index (χ0) is 43.8. The Kier molecular flexibility index (Phi) is 9.60. The van der Waals surface area contributed by atoms with E-state index in [-0.39, 0.29) is 0 Å². The molecule has 10 rings (SSSR count). The molecule has 0 aliphatic heterocycles. The number of fused-ring (bicyclic) bond motifs is 7. The Hall–Kier alpha value is -5.33. The molecule has 0 atom stereocenters. The van der Waals surface area contributed by atoms with Crippen molar-refractivity contribution in [3.05, 3.63) is 97.1 Å². The highest BCUT2D eigenvalue weighted by Gasteiger charge is 2.29. The molecule has 0 saturated carbocycles. The van der Waals surface area contributed by atoms with Crippen LogP contribution in [0.2, 0.25) is 0 Å². The van der Waals surface area contributed by atoms with Gasteiger partial charge in [0.05, 0.1) is 0 Å². The normalized spacial score (nSPS) is 11.8. The standard InChI is InChI=1S/C48H44B14/c49-35-26(24-16-19-9-3-4-10-21(19)22-11-5-6-12-23(22)24)30-34(42(56)48(62)45(59)39(30)53)33(36(35)50)27-31-28(37(51)43(57)46(60)40(31)54)25(20-14-13-17-7-1-2-8-18(17)15-20)29-32(27)41(55)47(61)44(58)38(29)52/h1-16H,49-62H2. The number of hydrogen-bond donors (Lipinski definition) is 0. The van der Waals surface area contributed by atoms with Gasteiger partial charge in [-0.1, -0.05) is 129 Å². The van der Waals surface area contributed by atoms with E-state index in [1.54, 1.807) is 0 Å². The molecule has 0 spiro atoms. The molecule has 0 aliphatic rings. The van der Waals surface area contributed by atoms with E-state index >= 15 is 0 Å². The molecule has 0 amide bonds. The summed E-state index contributed by atoms with van der Waals surface area (Å²) in [6.45, 7) is 0. The molecule has 0 aliphatic carbocycles. The first-order valence-electron chi connectivity index (χ1n) is 22.5. The van der Waals surface area contributed by atoms with Crippen LogP contribution in [0.3, 0.4) is 0 Å². The summed E-state index contributed by atoms with van der Waals surface area (Å²) in [5.74, 6) is 0. The van der Waals surface area contributed by atoms with Crippen molar-refractivity contribution in [1.82, 2.24) is 0 Å². The van der Waals surface area contributed by atoms with Crippen LogP contribution in [0.4, 0.5) is 0 Å². The summed E-state index contributed by atoms with van der Waals surface area (Å²) >= 11 is 0. The fourth-order valence-corrected chi connectivity index (χ4v) is 11.6. The molecule has 0 aromatic heterocycles. The Labute approximate surface area is 379 Å². The van der Waals surface area contributed by atoms with Gasteiger partial charge in [0.1, 0.15) is 110 Å². The fraction of sp³-hybridized carbons (Fsp3) is 0. The number of hydrogen-bond acceptors (Lipinski definition) is 0. The minimum Gasteiger partial charge on any atom is -0.101 e. The zero-order valence-electron chi connectivity index (χ0n) is 39.2. The molecule has 278 valence electrons. The van der Waals surface area contributed by atoms with Crippen LogP contribution in [0.5, 0.6) is 0 Å². The Morgan fingerprint density at radius 3 is 1.11 bits per heavy atom. The Bertz CT molecular complexity index is 3610. The third-order valence-electron chi connectivity index (χ3n) is 16.2. The molecular formula is C48H44B14. The van der Waals surface area contributed by atoms with Crippen LogP contribution in [0.1, 0.15) is 0 Å². The average molecular weight is 772 g/mol. The summed E-state index contributed by atoms with van der Waals surface area (Å²) in [5, 5.41) is 16.1. The first-order chi connectivity index (χ1) is 29.6. The summed E-state index contributed by atoms with van der Waals surface area (Å²) in [6, 6.07) is 36.5. The van der Waals surface area contributed by atoms with Crippen LogP contribution >= 0.6 is 0 Å². The predicted octanol–water partition coefficient (Wildman–Crippen LogP) is -10.8. The van der Waals surface area contributed by atoms with E-state index < -0.39 is 0 Å². The molecule has 0 saturated heterocycles. The molecule has 0 radical (unpaired) electrons. The molecular weight excluding hydrogens is 728 g/mol. The largest absolute Gasteiger partial charge is 0.139 e. The molecule has 0 bridgehead atoms. The average Bonchev–Trinajstić information content (AvgIpc) is 3.29. The van der Waals surface area contributed by atoms with Gasteiger partial charge < -0.3 is 0 Å². The van der Waals surface area contributed by atoms with Crippen molar-refractivity contribution in [2.75, 3.05) is 0 Å². The van der Waals surface area contributed by atoms with E-state index in [9.17, 15) is 0 Å². The van der Waals surface area contributed by atoms with Crippen molar-refractivity contribution in [3.63, 3.8) is 0 Å². The molecule has 0 unspecified atom stereocenters. The van der Waals surface area contributed by atoms with E-state index in [0.29, 0.717) is 0 Å². The van der Waals surface area contributed by atoms with Crippen LogP contribution in [0, 0.1) is 0 Å². The summed E-state index contributed by atoms with van der Waals surface area (Å²) < 4.78 is 0. The fourth-order valence-electron chi connectivity index (χ4n) is 11.6. The Balaban J connectivity index is 1.51. The van der Waals surface area contributed by atoms with E-state index in [1.165, 1.54) is 174 Å². The van der Waals surface area contributed by atoms with Gasteiger partial charge in [0, 0.05) is 0 Å². The van der Waals surface area contributed by atoms with Crippen molar-refractivity contribution in [2.24, 2.45) is 0 Å². The maximum Gasteiger partial charge on any atom is 0.139 e. The van der Waals surface area contributed by atoms with Crippen LogP contribution in [0.15, 0.2) is 97.1 Å². The first-order valence-corrected chi connectivity index (χ1v) is 22.5. The maximum atomic E-state index is 2.48. The minimum absolute atomic E-state index is 1.27. The lowest BCUT2D eigenvalue weighted by atomic mass is 9.57. The molecule has 14 heteroatoms. The van der Waals surface area contributed by atoms with E-state index in [0.717, 1.165) is 0 Å². The van der Waals surface area contributed by atoms with Crippen molar-refractivity contribution >= 4 is 251 Å². The van der Waals surface area contributed by atoms with Gasteiger partial charge >= 0.3 is 0 Å². The zero-order valence-corrected chi connectivity index (χ0v) is 39.2. The maximum absolute atomic E-state index is 2.48. The third-order valence-corrected chi connectivity index (χ3v) is 16.2. The molecule has 0 N–H and O–H groups in total. The van der Waals surface area contributed by atoms with Gasteiger partial charge in [0.15, 0.2) is 0 Å². The smallest absolute Gasteiger partial charge is 0.101 e. The lowest BCUT2D eigenvalue weighted by Gasteiger charge is -2.31. The highest BCUT2D eigenvalue weighted by Crippen LogP contribution is 2.44.